The van der Waals surface area contributed by atoms with Crippen LogP contribution >= 0.6 is 11.8 Å². The van der Waals surface area contributed by atoms with Crippen LogP contribution in [0.5, 0.6) is 0 Å². The summed E-state index contributed by atoms with van der Waals surface area (Å²) in [4.78, 5) is 24.5. The summed E-state index contributed by atoms with van der Waals surface area (Å²) >= 11 is 1.29. The molecular formula is C19H17F3N2O4S2. The molecule has 6 nitrogen and oxygen atoms in total. The molecule has 0 saturated heterocycles. The second-order valence-electron chi connectivity index (χ2n) is 6.75. The van der Waals surface area contributed by atoms with E-state index >= 15 is 0 Å². The van der Waals surface area contributed by atoms with Gasteiger partial charge >= 0.3 is 6.18 Å². The first-order valence-corrected chi connectivity index (χ1v) is 11.4. The molecule has 160 valence electrons. The second-order valence-corrected chi connectivity index (χ2v) is 9.80. The van der Waals surface area contributed by atoms with Crippen LogP contribution in [0.1, 0.15) is 12.5 Å². The number of halogens is 3. The van der Waals surface area contributed by atoms with E-state index in [4.69, 9.17) is 0 Å². The van der Waals surface area contributed by atoms with Gasteiger partial charge in [-0.25, -0.2) is 8.42 Å². The highest BCUT2D eigenvalue weighted by molar-refractivity contribution is 8.00. The van der Waals surface area contributed by atoms with Crippen molar-refractivity contribution in [2.45, 2.75) is 22.9 Å². The Balaban J connectivity index is 1.72. The summed E-state index contributed by atoms with van der Waals surface area (Å²) < 4.78 is 63.8. The van der Waals surface area contributed by atoms with Crippen LogP contribution in [0.15, 0.2) is 52.3 Å². The van der Waals surface area contributed by atoms with Crippen molar-refractivity contribution in [1.82, 2.24) is 0 Å². The molecule has 0 aromatic heterocycles. The Morgan fingerprint density at radius 1 is 1.23 bits per heavy atom. The van der Waals surface area contributed by atoms with Gasteiger partial charge in [-0.1, -0.05) is 13.0 Å². The van der Waals surface area contributed by atoms with E-state index in [0.717, 1.165) is 23.1 Å². The Kier molecular flexibility index (Phi) is 6.14. The summed E-state index contributed by atoms with van der Waals surface area (Å²) in [5.41, 5.74) is -0.611. The predicted molar refractivity (Wildman–Crippen MR) is 107 cm³/mol. The van der Waals surface area contributed by atoms with Gasteiger partial charge in [-0.2, -0.15) is 13.2 Å². The highest BCUT2D eigenvalue weighted by Gasteiger charge is 2.31. The third kappa shape index (κ3) is 5.14. The van der Waals surface area contributed by atoms with Crippen molar-refractivity contribution < 1.29 is 31.2 Å². The molecule has 1 atom stereocenters. The molecule has 0 radical (unpaired) electrons. The largest absolute Gasteiger partial charge is 0.416 e. The molecule has 30 heavy (non-hydrogen) atoms. The van der Waals surface area contributed by atoms with Gasteiger partial charge in [-0.05, 0) is 36.4 Å². The fourth-order valence-electron chi connectivity index (χ4n) is 2.80. The van der Waals surface area contributed by atoms with Crippen molar-refractivity contribution in [2.24, 2.45) is 5.92 Å². The minimum Gasteiger partial charge on any atom is -0.326 e. The number of carbonyl (C=O) groups is 2. The lowest BCUT2D eigenvalue weighted by Crippen LogP contribution is -2.27. The Morgan fingerprint density at radius 2 is 1.97 bits per heavy atom. The molecule has 2 N–H and O–H groups in total. The molecule has 0 spiro atoms. The molecule has 11 heteroatoms. The zero-order valence-electron chi connectivity index (χ0n) is 15.6. The van der Waals surface area contributed by atoms with Gasteiger partial charge in [0, 0.05) is 16.5 Å². The molecule has 1 heterocycles. The van der Waals surface area contributed by atoms with Crippen LogP contribution in [-0.4, -0.2) is 31.7 Å². The number of thioether (sulfide) groups is 1. The van der Waals surface area contributed by atoms with Crippen molar-refractivity contribution in [1.29, 1.82) is 0 Å². The Bertz CT molecular complexity index is 1100. The number of alkyl halides is 3. The van der Waals surface area contributed by atoms with Crippen molar-refractivity contribution in [3.63, 3.8) is 0 Å². The first-order chi connectivity index (χ1) is 14.0. The van der Waals surface area contributed by atoms with E-state index in [9.17, 15) is 31.2 Å². The molecular weight excluding hydrogens is 441 g/mol. The quantitative estimate of drug-likeness (QED) is 0.711. The molecule has 1 aliphatic rings. The normalized spacial score (nSPS) is 15.1. The Labute approximate surface area is 175 Å². The van der Waals surface area contributed by atoms with E-state index in [1.54, 1.807) is 6.07 Å². The number of fused-ring (bicyclic) bond motifs is 1. The van der Waals surface area contributed by atoms with Crippen LogP contribution < -0.4 is 10.6 Å². The van der Waals surface area contributed by atoms with Gasteiger partial charge in [0.2, 0.25) is 11.8 Å². The van der Waals surface area contributed by atoms with Crippen LogP contribution in [-0.2, 0) is 25.6 Å². The van der Waals surface area contributed by atoms with Crippen molar-refractivity contribution in [2.75, 3.05) is 22.1 Å². The first kappa shape index (κ1) is 22.2. The molecule has 2 aromatic carbocycles. The Hall–Kier alpha value is -2.53. The summed E-state index contributed by atoms with van der Waals surface area (Å²) in [5, 5.41) is 4.92. The minimum absolute atomic E-state index is 0.0530. The summed E-state index contributed by atoms with van der Waals surface area (Å²) in [6.45, 7) is 1.37. The maximum absolute atomic E-state index is 12.8. The van der Waals surface area contributed by atoms with Crippen molar-refractivity contribution in [3.05, 3.63) is 48.0 Å². The van der Waals surface area contributed by atoms with Gasteiger partial charge in [0.1, 0.15) is 0 Å². The van der Waals surface area contributed by atoms with E-state index in [-0.39, 0.29) is 22.2 Å². The maximum Gasteiger partial charge on any atom is 0.416 e. The van der Waals surface area contributed by atoms with Crippen LogP contribution in [0, 0.1) is 5.92 Å². The van der Waals surface area contributed by atoms with Crippen LogP contribution in [0.4, 0.5) is 24.5 Å². The predicted octanol–water partition coefficient (Wildman–Crippen LogP) is 3.80. The second kappa shape index (κ2) is 8.31. The standard InChI is InChI=1S/C19H17F3N2O4S2/c1-11(18(26)23-13-4-2-3-12(7-13)19(20,21)22)10-30(27,28)14-5-6-16-15(8-14)24-17(25)9-29-16/h2-8,11H,9-10H2,1H3,(H,23,26)(H,24,25). The van der Waals surface area contributed by atoms with Crippen LogP contribution in [0.25, 0.3) is 0 Å². The lowest BCUT2D eigenvalue weighted by Gasteiger charge is -2.18. The fraction of sp³-hybridized carbons (Fsp3) is 0.263. The van der Waals surface area contributed by atoms with Gasteiger partial charge in [-0.15, -0.1) is 11.8 Å². The first-order valence-electron chi connectivity index (χ1n) is 8.73. The third-order valence-corrected chi connectivity index (χ3v) is 7.30. The SMILES string of the molecule is CC(CS(=O)(=O)c1ccc2c(c1)NC(=O)CS2)C(=O)Nc1cccc(C(F)(F)F)c1. The van der Waals surface area contributed by atoms with Gasteiger partial charge < -0.3 is 10.6 Å². The summed E-state index contributed by atoms with van der Waals surface area (Å²) in [5.74, 6) is -2.29. The maximum atomic E-state index is 12.8. The molecule has 1 aliphatic heterocycles. The average Bonchev–Trinajstić information content (AvgIpc) is 2.66. The summed E-state index contributed by atoms with van der Waals surface area (Å²) in [6.07, 6.45) is -4.56. The van der Waals surface area contributed by atoms with E-state index in [2.05, 4.69) is 10.6 Å². The molecule has 2 aromatic rings. The van der Waals surface area contributed by atoms with Crippen molar-refractivity contribution >= 4 is 44.8 Å². The van der Waals surface area contributed by atoms with E-state index in [0.29, 0.717) is 5.69 Å². The number of rotatable bonds is 5. The number of anilines is 2. The number of nitrogens with one attached hydrogen (secondary N) is 2. The average molecular weight is 458 g/mol. The smallest absolute Gasteiger partial charge is 0.326 e. The zero-order valence-corrected chi connectivity index (χ0v) is 17.2. The van der Waals surface area contributed by atoms with Crippen LogP contribution in [0.3, 0.4) is 0 Å². The molecule has 0 fully saturated rings. The summed E-state index contributed by atoms with van der Waals surface area (Å²) in [6, 6.07) is 8.42. The lowest BCUT2D eigenvalue weighted by molar-refractivity contribution is -0.137. The van der Waals surface area contributed by atoms with Crippen molar-refractivity contribution in [3.8, 4) is 0 Å². The van der Waals surface area contributed by atoms with E-state index in [1.807, 2.05) is 0 Å². The molecule has 1 unspecified atom stereocenters. The van der Waals surface area contributed by atoms with Crippen LogP contribution in [0.2, 0.25) is 0 Å². The van der Waals surface area contributed by atoms with Gasteiger partial charge in [0.15, 0.2) is 9.84 Å². The van der Waals surface area contributed by atoms with E-state index < -0.39 is 39.2 Å². The number of hydrogen-bond donors (Lipinski definition) is 2. The van der Waals surface area contributed by atoms with Gasteiger partial charge in [0.05, 0.1) is 27.7 Å². The minimum atomic E-state index is -4.56. The zero-order chi connectivity index (χ0) is 22.1. The van der Waals surface area contributed by atoms with Gasteiger partial charge in [-0.3, -0.25) is 9.59 Å². The molecule has 2 amide bonds. The fourth-order valence-corrected chi connectivity index (χ4v) is 5.16. The topological polar surface area (TPSA) is 92.3 Å². The number of amides is 2. The number of sulfone groups is 1. The number of hydrogen-bond acceptors (Lipinski definition) is 5. The summed E-state index contributed by atoms with van der Waals surface area (Å²) in [7, 11) is -3.88. The third-order valence-electron chi connectivity index (χ3n) is 4.32. The highest BCUT2D eigenvalue weighted by atomic mass is 32.2. The number of benzene rings is 2. The molecule has 0 bridgehead atoms. The monoisotopic (exact) mass is 458 g/mol. The number of carbonyl (C=O) groups excluding carboxylic acids is 2. The Morgan fingerprint density at radius 3 is 2.67 bits per heavy atom. The lowest BCUT2D eigenvalue weighted by atomic mass is 10.1. The molecule has 0 aliphatic carbocycles. The molecule has 3 rings (SSSR count). The molecule has 0 saturated carbocycles. The van der Waals surface area contributed by atoms with E-state index in [1.165, 1.54) is 36.9 Å². The highest BCUT2D eigenvalue weighted by Crippen LogP contribution is 2.34. The van der Waals surface area contributed by atoms with Gasteiger partial charge in [0.25, 0.3) is 0 Å².